The number of carbonyl (C=O) groups excluding carboxylic acids is 1. The van der Waals surface area contributed by atoms with Crippen molar-refractivity contribution >= 4 is 29.3 Å². The van der Waals surface area contributed by atoms with Gasteiger partial charge in [0, 0.05) is 13.1 Å². The molecule has 2 nitrogen and oxygen atoms in total. The molecule has 0 aromatic carbocycles. The molecule has 1 saturated heterocycles. The van der Waals surface area contributed by atoms with E-state index in [0.717, 1.165) is 25.0 Å². The Hall–Kier alpha value is 0.110. The van der Waals surface area contributed by atoms with Gasteiger partial charge in [-0.25, -0.2) is 0 Å². The van der Waals surface area contributed by atoms with Crippen LogP contribution in [0, 0.1) is 0 Å². The molecular weight excluding hydrogens is 242 g/mol. The lowest BCUT2D eigenvalue weighted by Crippen LogP contribution is -2.47. The maximum Gasteiger partial charge on any atom is 0.235 e. The van der Waals surface area contributed by atoms with Crippen LogP contribution in [0.5, 0.6) is 0 Å². The zero-order valence-electron chi connectivity index (χ0n) is 9.82. The van der Waals surface area contributed by atoms with Crippen LogP contribution in [-0.4, -0.2) is 40.3 Å². The molecule has 2 fully saturated rings. The second-order valence-electron chi connectivity index (χ2n) is 4.82. The average molecular weight is 262 g/mol. The Morgan fingerprint density at radius 2 is 2.00 bits per heavy atom. The van der Waals surface area contributed by atoms with Crippen molar-refractivity contribution < 1.29 is 4.79 Å². The molecule has 1 amide bonds. The minimum atomic E-state index is 0.161. The molecule has 3 unspecified atom stereocenters. The molecule has 1 aliphatic carbocycles. The second kappa shape index (κ2) is 5.63. The van der Waals surface area contributed by atoms with Crippen LogP contribution in [0.3, 0.4) is 0 Å². The summed E-state index contributed by atoms with van der Waals surface area (Å²) in [6.07, 6.45) is 6.79. The lowest BCUT2D eigenvalue weighted by Gasteiger charge is -2.36. The van der Waals surface area contributed by atoms with Crippen LogP contribution in [-0.2, 0) is 4.79 Å². The van der Waals surface area contributed by atoms with Crippen LogP contribution in [0.15, 0.2) is 0 Å². The molecule has 0 spiro atoms. The summed E-state index contributed by atoms with van der Waals surface area (Å²) in [7, 11) is 1.94. The summed E-state index contributed by atoms with van der Waals surface area (Å²) in [5, 5.41) is 0.366. The minimum absolute atomic E-state index is 0.161. The molecule has 0 radical (unpaired) electrons. The van der Waals surface area contributed by atoms with E-state index in [-0.39, 0.29) is 16.7 Å². The lowest BCUT2D eigenvalue weighted by atomic mass is 9.93. The fourth-order valence-electron chi connectivity index (χ4n) is 2.67. The van der Waals surface area contributed by atoms with Crippen LogP contribution in [0.1, 0.15) is 38.5 Å². The molecule has 92 valence electrons. The van der Waals surface area contributed by atoms with Crippen molar-refractivity contribution in [2.75, 3.05) is 12.8 Å². The van der Waals surface area contributed by atoms with Gasteiger partial charge in [0.25, 0.3) is 0 Å². The van der Waals surface area contributed by atoms with E-state index in [2.05, 4.69) is 0 Å². The first-order valence-electron chi connectivity index (χ1n) is 6.22. The second-order valence-corrected chi connectivity index (χ2v) is 6.69. The molecule has 16 heavy (non-hydrogen) atoms. The van der Waals surface area contributed by atoms with Gasteiger partial charge >= 0.3 is 0 Å². The molecule has 4 heteroatoms. The summed E-state index contributed by atoms with van der Waals surface area (Å²) in [5.74, 6) is 1.44. The third-order valence-electron chi connectivity index (χ3n) is 3.70. The number of amides is 1. The maximum atomic E-state index is 12.2. The highest BCUT2D eigenvalue weighted by Gasteiger charge is 2.33. The lowest BCUT2D eigenvalue weighted by molar-refractivity contribution is -0.131. The number of hydrogen-bond acceptors (Lipinski definition) is 2. The van der Waals surface area contributed by atoms with Gasteiger partial charge in [0.2, 0.25) is 5.91 Å². The van der Waals surface area contributed by atoms with Crippen molar-refractivity contribution in [1.29, 1.82) is 0 Å². The van der Waals surface area contributed by atoms with Crippen LogP contribution >= 0.6 is 23.4 Å². The third kappa shape index (κ3) is 2.67. The van der Waals surface area contributed by atoms with E-state index in [1.807, 2.05) is 23.7 Å². The fraction of sp³-hybridized carbons (Fsp3) is 0.917. The molecule has 0 bridgehead atoms. The predicted octanol–water partition coefficient (Wildman–Crippen LogP) is 2.89. The van der Waals surface area contributed by atoms with E-state index in [4.69, 9.17) is 11.6 Å². The summed E-state index contributed by atoms with van der Waals surface area (Å²) >= 11 is 8.14. The zero-order chi connectivity index (χ0) is 11.5. The summed E-state index contributed by atoms with van der Waals surface area (Å²) in [5.41, 5.74) is 0. The number of nitrogens with zero attached hydrogens (tertiary/aromatic N) is 1. The van der Waals surface area contributed by atoms with Crippen LogP contribution < -0.4 is 0 Å². The summed E-state index contributed by atoms with van der Waals surface area (Å²) < 4.78 is 0. The Morgan fingerprint density at radius 3 is 2.62 bits per heavy atom. The van der Waals surface area contributed by atoms with Crippen molar-refractivity contribution in [3.05, 3.63) is 0 Å². The topological polar surface area (TPSA) is 20.3 Å². The zero-order valence-corrected chi connectivity index (χ0v) is 11.4. The van der Waals surface area contributed by atoms with Crippen molar-refractivity contribution in [1.82, 2.24) is 4.90 Å². The van der Waals surface area contributed by atoms with Crippen LogP contribution in [0.2, 0.25) is 0 Å². The number of hydrogen-bond donors (Lipinski definition) is 0. The third-order valence-corrected chi connectivity index (χ3v) is 5.57. The van der Waals surface area contributed by atoms with Crippen molar-refractivity contribution in [3.63, 3.8) is 0 Å². The SMILES string of the molecule is CN(C(=O)C1CCCS1)C1CCCCC1Cl. The first-order valence-corrected chi connectivity index (χ1v) is 7.71. The molecule has 0 aromatic heterocycles. The summed E-state index contributed by atoms with van der Waals surface area (Å²) in [4.78, 5) is 14.2. The molecule has 1 saturated carbocycles. The van der Waals surface area contributed by atoms with Crippen LogP contribution in [0.25, 0.3) is 0 Å². The number of rotatable bonds is 2. The van der Waals surface area contributed by atoms with Crippen molar-refractivity contribution in [2.45, 2.75) is 55.2 Å². The van der Waals surface area contributed by atoms with Crippen LogP contribution in [0.4, 0.5) is 0 Å². The highest BCUT2D eigenvalue weighted by atomic mass is 35.5. The number of carbonyl (C=O) groups is 1. The summed E-state index contributed by atoms with van der Waals surface area (Å²) in [6, 6.07) is 0.268. The molecule has 1 aliphatic heterocycles. The Labute approximate surface area is 107 Å². The molecule has 0 aromatic rings. The van der Waals surface area contributed by atoms with E-state index < -0.39 is 0 Å². The number of halogens is 1. The smallest absolute Gasteiger partial charge is 0.235 e. The van der Waals surface area contributed by atoms with E-state index >= 15 is 0 Å². The average Bonchev–Trinajstić information content (AvgIpc) is 2.81. The van der Waals surface area contributed by atoms with Gasteiger partial charge in [0.15, 0.2) is 0 Å². The largest absolute Gasteiger partial charge is 0.340 e. The fourth-order valence-corrected chi connectivity index (χ4v) is 4.37. The van der Waals surface area contributed by atoms with Gasteiger partial charge in [0.1, 0.15) is 0 Å². The first kappa shape index (κ1) is 12.6. The minimum Gasteiger partial charge on any atom is -0.340 e. The predicted molar refractivity (Wildman–Crippen MR) is 70.1 cm³/mol. The van der Waals surface area contributed by atoms with Crippen molar-refractivity contribution in [2.24, 2.45) is 0 Å². The van der Waals surface area contributed by atoms with E-state index in [0.29, 0.717) is 5.91 Å². The monoisotopic (exact) mass is 261 g/mol. The molecule has 1 heterocycles. The maximum absolute atomic E-state index is 12.2. The van der Waals surface area contributed by atoms with Gasteiger partial charge in [-0.15, -0.1) is 23.4 Å². The molecule has 2 rings (SSSR count). The first-order chi connectivity index (χ1) is 7.70. The normalized spacial score (nSPS) is 35.0. The quantitative estimate of drug-likeness (QED) is 0.713. The molecule has 2 aliphatic rings. The molecule has 0 N–H and O–H groups in total. The Morgan fingerprint density at radius 1 is 1.25 bits per heavy atom. The number of thioether (sulfide) groups is 1. The van der Waals surface area contributed by atoms with Crippen molar-refractivity contribution in [3.8, 4) is 0 Å². The van der Waals surface area contributed by atoms with Gasteiger partial charge < -0.3 is 4.90 Å². The van der Waals surface area contributed by atoms with E-state index in [9.17, 15) is 4.79 Å². The van der Waals surface area contributed by atoms with E-state index in [1.54, 1.807) is 0 Å². The molecular formula is C12H20ClNOS. The molecule has 3 atom stereocenters. The highest BCUT2D eigenvalue weighted by molar-refractivity contribution is 8.00. The number of alkyl halides is 1. The van der Waals surface area contributed by atoms with Gasteiger partial charge in [-0.2, -0.15) is 0 Å². The van der Waals surface area contributed by atoms with E-state index in [1.165, 1.54) is 19.3 Å². The van der Waals surface area contributed by atoms with Gasteiger partial charge in [-0.1, -0.05) is 12.8 Å². The highest BCUT2D eigenvalue weighted by Crippen LogP contribution is 2.31. The Bertz CT molecular complexity index is 255. The van der Waals surface area contributed by atoms with Gasteiger partial charge in [0.05, 0.1) is 10.6 Å². The van der Waals surface area contributed by atoms with Gasteiger partial charge in [-0.05, 0) is 31.4 Å². The Kier molecular flexibility index (Phi) is 4.42. The Balaban J connectivity index is 1.94. The van der Waals surface area contributed by atoms with Gasteiger partial charge in [-0.3, -0.25) is 4.79 Å². The summed E-state index contributed by atoms with van der Waals surface area (Å²) in [6.45, 7) is 0. The standard InChI is InChI=1S/C12H20ClNOS/c1-14(10-6-3-2-5-9(10)13)12(15)11-7-4-8-16-11/h9-11H,2-8H2,1H3.